The van der Waals surface area contributed by atoms with Gasteiger partial charge in [-0.25, -0.2) is 9.78 Å². The Morgan fingerprint density at radius 1 is 1.14 bits per heavy atom. The number of amides is 2. The summed E-state index contributed by atoms with van der Waals surface area (Å²) >= 11 is 0. The number of rotatable bonds is 9. The molecule has 28 heavy (non-hydrogen) atoms. The quantitative estimate of drug-likeness (QED) is 0.685. The van der Waals surface area contributed by atoms with Gasteiger partial charge in [-0.15, -0.1) is 0 Å². The maximum Gasteiger partial charge on any atom is 0.315 e. The number of ether oxygens (including phenoxy) is 4. The summed E-state index contributed by atoms with van der Waals surface area (Å²) in [4.78, 5) is 16.5. The number of pyridine rings is 1. The number of aromatic nitrogens is 1. The van der Waals surface area contributed by atoms with E-state index in [-0.39, 0.29) is 12.1 Å². The van der Waals surface area contributed by atoms with E-state index < -0.39 is 0 Å². The molecule has 1 aromatic carbocycles. The van der Waals surface area contributed by atoms with Crippen molar-refractivity contribution < 1.29 is 23.7 Å². The van der Waals surface area contributed by atoms with E-state index >= 15 is 0 Å². The Kier molecular flexibility index (Phi) is 7.74. The predicted octanol–water partition coefficient (Wildman–Crippen LogP) is 3.07. The molecular weight excluding hydrogens is 362 g/mol. The first kappa shape index (κ1) is 21.1. The standard InChI is InChI=1S/C20H27N3O5/c1-6-28-19-14(8-7-9-21-19)12-22-20(24)23-13(2)15-10-16(25-3)18(27-5)17(11-15)26-4/h7-11,13H,6,12H2,1-5H3,(H2,22,23,24). The second-order valence-electron chi connectivity index (χ2n) is 5.91. The molecule has 0 aliphatic heterocycles. The highest BCUT2D eigenvalue weighted by Crippen LogP contribution is 2.39. The largest absolute Gasteiger partial charge is 0.493 e. The van der Waals surface area contributed by atoms with Crippen LogP contribution in [-0.4, -0.2) is 39.0 Å². The van der Waals surface area contributed by atoms with Crippen LogP contribution >= 0.6 is 0 Å². The van der Waals surface area contributed by atoms with E-state index in [0.29, 0.717) is 36.3 Å². The number of hydrogen-bond acceptors (Lipinski definition) is 6. The molecule has 2 N–H and O–H groups in total. The van der Waals surface area contributed by atoms with Crippen LogP contribution in [0.3, 0.4) is 0 Å². The molecule has 0 fully saturated rings. The summed E-state index contributed by atoms with van der Waals surface area (Å²) in [5.74, 6) is 2.08. The summed E-state index contributed by atoms with van der Waals surface area (Å²) < 4.78 is 21.5. The molecule has 0 radical (unpaired) electrons. The number of hydrogen-bond donors (Lipinski definition) is 2. The van der Waals surface area contributed by atoms with E-state index in [2.05, 4.69) is 15.6 Å². The fraction of sp³-hybridized carbons (Fsp3) is 0.400. The first-order chi connectivity index (χ1) is 13.5. The minimum Gasteiger partial charge on any atom is -0.493 e. The first-order valence-electron chi connectivity index (χ1n) is 8.94. The van der Waals surface area contributed by atoms with Crippen LogP contribution in [0.15, 0.2) is 30.5 Å². The van der Waals surface area contributed by atoms with Crippen LogP contribution in [0.2, 0.25) is 0 Å². The molecule has 2 amide bonds. The molecule has 0 saturated heterocycles. The molecule has 1 atom stereocenters. The zero-order valence-corrected chi connectivity index (χ0v) is 16.9. The summed E-state index contributed by atoms with van der Waals surface area (Å²) in [6, 6.07) is 6.68. The molecule has 152 valence electrons. The highest BCUT2D eigenvalue weighted by molar-refractivity contribution is 5.74. The Balaban J connectivity index is 2.04. The van der Waals surface area contributed by atoms with Gasteiger partial charge in [-0.2, -0.15) is 0 Å². The average Bonchev–Trinajstić information content (AvgIpc) is 2.72. The van der Waals surface area contributed by atoms with Gasteiger partial charge >= 0.3 is 6.03 Å². The number of carbonyl (C=O) groups is 1. The van der Waals surface area contributed by atoms with Crippen LogP contribution < -0.4 is 29.6 Å². The van der Waals surface area contributed by atoms with E-state index in [0.717, 1.165) is 11.1 Å². The lowest BCUT2D eigenvalue weighted by Crippen LogP contribution is -2.36. The van der Waals surface area contributed by atoms with Crippen LogP contribution in [0.4, 0.5) is 4.79 Å². The Labute approximate surface area is 165 Å². The summed E-state index contributed by atoms with van der Waals surface area (Å²) in [7, 11) is 4.65. The number of benzene rings is 1. The summed E-state index contributed by atoms with van der Waals surface area (Å²) in [6.07, 6.45) is 1.65. The second kappa shape index (κ2) is 10.2. The molecule has 0 bridgehead atoms. The van der Waals surface area contributed by atoms with E-state index in [9.17, 15) is 4.79 Å². The molecule has 2 rings (SSSR count). The molecule has 2 aromatic rings. The molecule has 0 aliphatic carbocycles. The van der Waals surface area contributed by atoms with Crippen molar-refractivity contribution in [3.05, 3.63) is 41.6 Å². The number of carbonyl (C=O) groups excluding carboxylic acids is 1. The first-order valence-corrected chi connectivity index (χ1v) is 8.94. The summed E-state index contributed by atoms with van der Waals surface area (Å²) in [6.45, 7) is 4.57. The van der Waals surface area contributed by atoms with Crippen molar-refractivity contribution in [2.75, 3.05) is 27.9 Å². The fourth-order valence-corrected chi connectivity index (χ4v) is 2.68. The van der Waals surface area contributed by atoms with Gasteiger partial charge in [-0.3, -0.25) is 0 Å². The van der Waals surface area contributed by atoms with Gasteiger partial charge in [0.2, 0.25) is 11.6 Å². The normalized spacial score (nSPS) is 11.3. The molecule has 0 saturated carbocycles. The number of nitrogens with one attached hydrogen (secondary N) is 2. The van der Waals surface area contributed by atoms with Crippen molar-refractivity contribution in [1.82, 2.24) is 15.6 Å². The van der Waals surface area contributed by atoms with Gasteiger partial charge < -0.3 is 29.6 Å². The van der Waals surface area contributed by atoms with Crippen LogP contribution in [0.25, 0.3) is 0 Å². The lowest BCUT2D eigenvalue weighted by molar-refractivity contribution is 0.237. The third kappa shape index (κ3) is 5.18. The molecule has 8 heteroatoms. The van der Waals surface area contributed by atoms with Gasteiger partial charge in [0.15, 0.2) is 11.5 Å². The molecule has 0 aliphatic rings. The van der Waals surface area contributed by atoms with E-state index in [1.165, 1.54) is 0 Å². The fourth-order valence-electron chi connectivity index (χ4n) is 2.68. The lowest BCUT2D eigenvalue weighted by Gasteiger charge is -2.19. The molecule has 1 unspecified atom stereocenters. The Hall–Kier alpha value is -3.16. The molecule has 1 heterocycles. The van der Waals surface area contributed by atoms with Gasteiger partial charge in [-0.1, -0.05) is 6.07 Å². The highest BCUT2D eigenvalue weighted by Gasteiger charge is 2.17. The van der Waals surface area contributed by atoms with E-state index in [1.54, 1.807) is 45.7 Å². The van der Waals surface area contributed by atoms with Crippen LogP contribution in [-0.2, 0) is 6.54 Å². The van der Waals surface area contributed by atoms with Gasteiger partial charge in [0.25, 0.3) is 0 Å². The third-order valence-corrected chi connectivity index (χ3v) is 4.11. The Morgan fingerprint density at radius 2 is 1.82 bits per heavy atom. The van der Waals surface area contributed by atoms with Gasteiger partial charge in [0.1, 0.15) is 0 Å². The highest BCUT2D eigenvalue weighted by atomic mass is 16.5. The van der Waals surface area contributed by atoms with Gasteiger partial charge in [0.05, 0.1) is 34.0 Å². The van der Waals surface area contributed by atoms with Gasteiger partial charge in [0, 0.05) is 18.3 Å². The average molecular weight is 389 g/mol. The predicted molar refractivity (Wildman–Crippen MR) is 105 cm³/mol. The number of methoxy groups -OCH3 is 3. The van der Waals surface area contributed by atoms with Crippen molar-refractivity contribution in [3.8, 4) is 23.1 Å². The van der Waals surface area contributed by atoms with E-state index in [1.807, 2.05) is 19.9 Å². The maximum absolute atomic E-state index is 12.3. The smallest absolute Gasteiger partial charge is 0.315 e. The van der Waals surface area contributed by atoms with Crippen LogP contribution in [0.5, 0.6) is 23.1 Å². The summed E-state index contributed by atoms with van der Waals surface area (Å²) in [5.41, 5.74) is 1.63. The minimum atomic E-state index is -0.312. The zero-order valence-electron chi connectivity index (χ0n) is 16.9. The third-order valence-electron chi connectivity index (χ3n) is 4.11. The molecule has 8 nitrogen and oxygen atoms in total. The minimum absolute atomic E-state index is 0.283. The summed E-state index contributed by atoms with van der Waals surface area (Å²) in [5, 5.41) is 5.72. The second-order valence-corrected chi connectivity index (χ2v) is 5.91. The topological polar surface area (TPSA) is 90.9 Å². The molecule has 1 aromatic heterocycles. The van der Waals surface area contributed by atoms with Gasteiger partial charge in [-0.05, 0) is 37.6 Å². The number of urea groups is 1. The van der Waals surface area contributed by atoms with Crippen LogP contribution in [0, 0.1) is 0 Å². The Bertz CT molecular complexity index is 772. The van der Waals surface area contributed by atoms with Crippen molar-refractivity contribution in [1.29, 1.82) is 0 Å². The van der Waals surface area contributed by atoms with Crippen molar-refractivity contribution in [2.45, 2.75) is 26.4 Å². The van der Waals surface area contributed by atoms with Crippen molar-refractivity contribution in [2.24, 2.45) is 0 Å². The van der Waals surface area contributed by atoms with E-state index in [4.69, 9.17) is 18.9 Å². The van der Waals surface area contributed by atoms with Crippen molar-refractivity contribution >= 4 is 6.03 Å². The monoisotopic (exact) mass is 389 g/mol. The zero-order chi connectivity index (χ0) is 20.5. The molecular formula is C20H27N3O5. The van der Waals surface area contributed by atoms with Crippen LogP contribution in [0.1, 0.15) is 31.0 Å². The lowest BCUT2D eigenvalue weighted by atomic mass is 10.1. The molecule has 0 spiro atoms. The number of nitrogens with zero attached hydrogens (tertiary/aromatic N) is 1. The maximum atomic E-state index is 12.3. The van der Waals surface area contributed by atoms with Crippen molar-refractivity contribution in [3.63, 3.8) is 0 Å². The SMILES string of the molecule is CCOc1ncccc1CNC(=O)NC(C)c1cc(OC)c(OC)c(OC)c1. The Morgan fingerprint density at radius 3 is 2.39 bits per heavy atom.